The van der Waals surface area contributed by atoms with Crippen molar-refractivity contribution in [2.75, 3.05) is 6.54 Å². The summed E-state index contributed by atoms with van der Waals surface area (Å²) in [6.45, 7) is 4.79. The van der Waals surface area contributed by atoms with Crippen molar-refractivity contribution < 1.29 is 14.7 Å². The molecule has 5 heteroatoms. The molecule has 5 nitrogen and oxygen atoms in total. The summed E-state index contributed by atoms with van der Waals surface area (Å²) in [7, 11) is 0. The number of carboxylic acids is 1. The zero-order valence-corrected chi connectivity index (χ0v) is 12.7. The van der Waals surface area contributed by atoms with Gasteiger partial charge in [0, 0.05) is 6.54 Å². The molecule has 0 bridgehead atoms. The number of carboxylic acid groups (broad SMARTS) is 1. The van der Waals surface area contributed by atoms with Crippen LogP contribution in [0.1, 0.15) is 58.8 Å². The van der Waals surface area contributed by atoms with Crippen LogP contribution in [0.3, 0.4) is 0 Å². The Hall–Kier alpha value is -1.26. The first-order valence-electron chi connectivity index (χ1n) is 7.83. The van der Waals surface area contributed by atoms with E-state index in [9.17, 15) is 9.59 Å². The minimum Gasteiger partial charge on any atom is -0.480 e. The summed E-state index contributed by atoms with van der Waals surface area (Å²) >= 11 is 0. The Labute approximate surface area is 121 Å². The average Bonchev–Trinajstić information content (AvgIpc) is 2.45. The van der Waals surface area contributed by atoms with Crippen LogP contribution in [-0.4, -0.2) is 29.7 Å². The lowest BCUT2D eigenvalue weighted by Gasteiger charge is -2.28. The van der Waals surface area contributed by atoms with E-state index >= 15 is 0 Å². The van der Waals surface area contributed by atoms with Crippen molar-refractivity contribution in [3.8, 4) is 0 Å². The molecule has 1 rings (SSSR count). The minimum atomic E-state index is -0.967. The summed E-state index contributed by atoms with van der Waals surface area (Å²) in [5.41, 5.74) is 0. The molecule has 1 atom stereocenters. The van der Waals surface area contributed by atoms with Gasteiger partial charge in [0.2, 0.25) is 0 Å². The highest BCUT2D eigenvalue weighted by Crippen LogP contribution is 2.29. The summed E-state index contributed by atoms with van der Waals surface area (Å²) in [5, 5.41) is 14.3. The van der Waals surface area contributed by atoms with Gasteiger partial charge in [-0.05, 0) is 31.1 Å². The molecule has 3 N–H and O–H groups in total. The summed E-state index contributed by atoms with van der Waals surface area (Å²) in [4.78, 5) is 22.7. The summed E-state index contributed by atoms with van der Waals surface area (Å²) < 4.78 is 0. The highest BCUT2D eigenvalue weighted by molar-refractivity contribution is 5.82. The van der Waals surface area contributed by atoms with Gasteiger partial charge in [-0.1, -0.05) is 39.5 Å². The first-order valence-corrected chi connectivity index (χ1v) is 7.83. The predicted octanol–water partition coefficient (Wildman–Crippen LogP) is 2.76. The minimum absolute atomic E-state index is 0.358. The molecule has 0 unspecified atom stereocenters. The molecule has 0 aromatic heterocycles. The molecule has 1 saturated carbocycles. The average molecular weight is 284 g/mol. The maximum atomic E-state index is 11.7. The quantitative estimate of drug-likeness (QED) is 0.672. The third-order valence-electron chi connectivity index (χ3n) is 4.28. The van der Waals surface area contributed by atoms with Crippen LogP contribution in [-0.2, 0) is 4.79 Å². The third kappa shape index (κ3) is 5.80. The van der Waals surface area contributed by atoms with E-state index in [1.165, 1.54) is 19.3 Å². The number of carbonyl (C=O) groups is 2. The number of nitrogens with one attached hydrogen (secondary N) is 2. The number of amides is 2. The largest absolute Gasteiger partial charge is 0.480 e. The Balaban J connectivity index is 2.24. The lowest BCUT2D eigenvalue weighted by molar-refractivity contribution is -0.139. The van der Waals surface area contributed by atoms with Gasteiger partial charge in [0.05, 0.1) is 0 Å². The molecule has 0 spiro atoms. The molecule has 1 aliphatic rings. The maximum absolute atomic E-state index is 11.7. The normalized spacial score (nSPS) is 23.9. The van der Waals surface area contributed by atoms with Gasteiger partial charge < -0.3 is 15.7 Å². The zero-order valence-electron chi connectivity index (χ0n) is 12.7. The van der Waals surface area contributed by atoms with Crippen molar-refractivity contribution in [1.82, 2.24) is 10.6 Å². The Morgan fingerprint density at radius 1 is 1.15 bits per heavy atom. The summed E-state index contributed by atoms with van der Waals surface area (Å²) in [6.07, 6.45) is 7.27. The number of carbonyl (C=O) groups excluding carboxylic acids is 1. The van der Waals surface area contributed by atoms with Crippen LogP contribution in [0.4, 0.5) is 4.79 Å². The molecule has 20 heavy (non-hydrogen) atoms. The van der Waals surface area contributed by atoms with Gasteiger partial charge in [-0.3, -0.25) is 0 Å². The van der Waals surface area contributed by atoms with Crippen molar-refractivity contribution in [3.63, 3.8) is 0 Å². The fourth-order valence-electron chi connectivity index (χ4n) is 2.84. The van der Waals surface area contributed by atoms with E-state index in [0.29, 0.717) is 18.9 Å². The molecule has 0 heterocycles. The van der Waals surface area contributed by atoms with E-state index in [4.69, 9.17) is 5.11 Å². The molecule has 1 aliphatic carbocycles. The topological polar surface area (TPSA) is 78.4 Å². The fraction of sp³-hybridized carbons (Fsp3) is 0.867. The van der Waals surface area contributed by atoms with Crippen LogP contribution in [0.5, 0.6) is 0 Å². The van der Waals surface area contributed by atoms with Crippen LogP contribution >= 0.6 is 0 Å². The first kappa shape index (κ1) is 16.8. The van der Waals surface area contributed by atoms with E-state index in [0.717, 1.165) is 25.2 Å². The molecule has 0 aromatic carbocycles. The summed E-state index contributed by atoms with van der Waals surface area (Å²) in [6, 6.07) is -1.14. The monoisotopic (exact) mass is 284 g/mol. The predicted molar refractivity (Wildman–Crippen MR) is 78.6 cm³/mol. The van der Waals surface area contributed by atoms with Gasteiger partial charge in [0.1, 0.15) is 6.04 Å². The van der Waals surface area contributed by atoms with Crippen molar-refractivity contribution in [2.45, 2.75) is 64.8 Å². The Morgan fingerprint density at radius 3 is 2.25 bits per heavy atom. The molecular weight excluding hydrogens is 256 g/mol. The Kier molecular flexibility index (Phi) is 7.41. The Bertz CT molecular complexity index is 312. The third-order valence-corrected chi connectivity index (χ3v) is 4.28. The maximum Gasteiger partial charge on any atom is 0.326 e. The van der Waals surface area contributed by atoms with Crippen LogP contribution in [0.15, 0.2) is 0 Å². The van der Waals surface area contributed by atoms with E-state index in [1.54, 1.807) is 0 Å². The zero-order chi connectivity index (χ0) is 15.0. The van der Waals surface area contributed by atoms with Gasteiger partial charge >= 0.3 is 12.0 Å². The number of urea groups is 1. The Morgan fingerprint density at radius 2 is 1.75 bits per heavy atom. The second-order valence-electron chi connectivity index (χ2n) is 5.83. The number of hydrogen-bond acceptors (Lipinski definition) is 2. The smallest absolute Gasteiger partial charge is 0.326 e. The SMILES string of the molecule is CCC[C@H](NC(=O)NCC1CCC(CC)CC1)C(=O)O. The molecule has 0 aliphatic heterocycles. The van der Waals surface area contributed by atoms with Gasteiger partial charge in [0.15, 0.2) is 0 Å². The molecule has 2 amide bonds. The van der Waals surface area contributed by atoms with Crippen LogP contribution in [0.25, 0.3) is 0 Å². The van der Waals surface area contributed by atoms with Crippen LogP contribution < -0.4 is 10.6 Å². The fourth-order valence-corrected chi connectivity index (χ4v) is 2.84. The summed E-state index contributed by atoms with van der Waals surface area (Å²) in [5.74, 6) is 0.421. The van der Waals surface area contributed by atoms with E-state index in [2.05, 4.69) is 17.6 Å². The van der Waals surface area contributed by atoms with Gasteiger partial charge in [0.25, 0.3) is 0 Å². The van der Waals surface area contributed by atoms with E-state index < -0.39 is 12.0 Å². The second kappa shape index (κ2) is 8.82. The lowest BCUT2D eigenvalue weighted by Crippen LogP contribution is -2.47. The molecule has 0 radical (unpaired) electrons. The second-order valence-corrected chi connectivity index (χ2v) is 5.83. The van der Waals surface area contributed by atoms with Crippen molar-refractivity contribution in [2.24, 2.45) is 11.8 Å². The first-order chi connectivity index (χ1) is 9.56. The lowest BCUT2D eigenvalue weighted by atomic mass is 9.81. The van der Waals surface area contributed by atoms with Crippen molar-refractivity contribution in [1.29, 1.82) is 0 Å². The van der Waals surface area contributed by atoms with Gasteiger partial charge in [-0.2, -0.15) is 0 Å². The van der Waals surface area contributed by atoms with Gasteiger partial charge in [-0.25, -0.2) is 9.59 Å². The van der Waals surface area contributed by atoms with Crippen LogP contribution in [0.2, 0.25) is 0 Å². The number of rotatable bonds is 7. The molecule has 0 aromatic rings. The van der Waals surface area contributed by atoms with E-state index in [-0.39, 0.29) is 6.03 Å². The highest BCUT2D eigenvalue weighted by atomic mass is 16.4. The van der Waals surface area contributed by atoms with Crippen LogP contribution in [0, 0.1) is 11.8 Å². The molecule has 116 valence electrons. The standard InChI is InChI=1S/C15H28N2O3/c1-3-5-13(14(18)19)17-15(20)16-10-12-8-6-11(4-2)7-9-12/h11-13H,3-10H2,1-2H3,(H,18,19)(H2,16,17,20)/t11?,12?,13-/m0/s1. The molecule has 0 saturated heterocycles. The van der Waals surface area contributed by atoms with Crippen molar-refractivity contribution >= 4 is 12.0 Å². The highest BCUT2D eigenvalue weighted by Gasteiger charge is 2.22. The number of aliphatic carboxylic acids is 1. The number of hydrogen-bond donors (Lipinski definition) is 3. The molecular formula is C15H28N2O3. The van der Waals surface area contributed by atoms with Gasteiger partial charge in [-0.15, -0.1) is 0 Å². The molecule has 1 fully saturated rings. The van der Waals surface area contributed by atoms with Crippen molar-refractivity contribution in [3.05, 3.63) is 0 Å². The van der Waals surface area contributed by atoms with E-state index in [1.807, 2.05) is 6.92 Å².